The predicted molar refractivity (Wildman–Crippen MR) is 357 cm³/mol. The minimum Gasteiger partial charge on any atom is -0.743 e. The van der Waals surface area contributed by atoms with Crippen LogP contribution in [0.3, 0.4) is 0 Å². The zero-order chi connectivity index (χ0) is 73.3. The average molecular weight is 1420 g/mol. The number of aromatic hydroxyl groups is 1. The number of pyridine rings is 1. The lowest BCUT2D eigenvalue weighted by molar-refractivity contribution is -0.885. The lowest BCUT2D eigenvalue weighted by Gasteiger charge is -2.32. The van der Waals surface area contributed by atoms with Crippen LogP contribution in [-0.2, 0) is 37.2 Å². The van der Waals surface area contributed by atoms with Crippen LogP contribution >= 0.6 is 0 Å². The molecule has 7 aromatic carbocycles. The number of ether oxygens (including phenoxy) is 4. The molecule has 1 heterocycles. The third-order valence-corrected chi connectivity index (χ3v) is 18.1. The Kier molecular flexibility index (Phi) is 31.2. The highest BCUT2D eigenvalue weighted by Gasteiger charge is 2.81. The molecule has 0 aliphatic heterocycles. The Bertz CT molecular complexity index is 3880. The molecule has 0 bridgehead atoms. The number of phenolic OH excluding ortho intramolecular Hbond substituents is 1. The Morgan fingerprint density at radius 1 is 0.500 bits per heavy atom. The maximum absolute atomic E-state index is 13.9. The fourth-order valence-corrected chi connectivity index (χ4v) is 10.1. The van der Waals surface area contributed by atoms with E-state index in [2.05, 4.69) is 63.9 Å². The standard InChI is InChI=1S/C24H22F6O7S2.C20H26O3.C13H17F3O.C10H14O.C6H8NO/c1-3-15(2)17-6-7-19-13-21(11-8-18(19)12-17)36-14-16-4-9-20(10-5-16)37-39(34,35)24(29,30)22(25,26)23(27,28)38(31,32)33;1-4-16(2)18-10-12-20(13-11-18)23-17(3)21-14-15-22-19-8-6-5-7-9-19;1-4-9(2)10-5-7-11(8-6-10)12(3,17)13(14,15)16;1-3-8(2)9-4-6-10(11)7-5-9;1-8-7-5-3-2-4-6-7/h4-13,15H,3,14H2,1-2H3,(H,31,32,33);5-13,16-17H,4,14-15H2,1-3H3;5-9,17H,4H2,1-3H3;4-8,11H,3H2,1-2H3;2-6H,1H3/q;;;;+1/p-1. The normalized spacial score (nSPS) is 14.0. The Hall–Kier alpha value is -8.10. The molecule has 14 nitrogen and oxygen atoms in total. The first kappa shape index (κ1) is 82.3. The Morgan fingerprint density at radius 3 is 1.42 bits per heavy atom. The summed E-state index contributed by atoms with van der Waals surface area (Å²) in [6, 6.07) is 52.2. The zero-order valence-corrected chi connectivity index (χ0v) is 58.0. The van der Waals surface area contributed by atoms with Crippen molar-refractivity contribution < 1.29 is 104 Å². The summed E-state index contributed by atoms with van der Waals surface area (Å²) >= 11 is 0. The van der Waals surface area contributed by atoms with Gasteiger partial charge < -0.3 is 37.9 Å². The van der Waals surface area contributed by atoms with Gasteiger partial charge in [0, 0.05) is 16.9 Å². The van der Waals surface area contributed by atoms with E-state index in [4.69, 9.17) is 28.9 Å². The molecule has 0 aliphatic carbocycles. The fourth-order valence-electron chi connectivity index (χ4n) is 8.65. The van der Waals surface area contributed by atoms with Crippen molar-refractivity contribution in [1.29, 1.82) is 0 Å². The quantitative estimate of drug-likeness (QED) is 0.0130. The van der Waals surface area contributed by atoms with Gasteiger partial charge >= 0.3 is 32.7 Å². The van der Waals surface area contributed by atoms with Crippen molar-refractivity contribution in [2.45, 2.75) is 160 Å². The number of halogens is 9. The van der Waals surface area contributed by atoms with Crippen LogP contribution < -0.4 is 28.0 Å². The topological polar surface area (TPSA) is 191 Å². The van der Waals surface area contributed by atoms with Crippen LogP contribution in [-0.4, -0.2) is 80.8 Å². The van der Waals surface area contributed by atoms with E-state index >= 15 is 0 Å². The molecule has 0 saturated carbocycles. The third kappa shape index (κ3) is 23.5. The number of para-hydroxylation sites is 1. The highest BCUT2D eigenvalue weighted by Crippen LogP contribution is 2.51. The number of aromatic nitrogens is 1. The largest absolute Gasteiger partial charge is 0.743 e. The number of rotatable bonds is 26. The first-order valence-corrected chi connectivity index (χ1v) is 34.2. The summed E-state index contributed by atoms with van der Waals surface area (Å²) in [4.78, 5) is 4.83. The molecular weight excluding hydrogens is 1330 g/mol. The molecule has 0 radical (unpaired) electrons. The zero-order valence-electron chi connectivity index (χ0n) is 56.4. The second-order valence-corrected chi connectivity index (χ2v) is 26.0. The van der Waals surface area contributed by atoms with Crippen LogP contribution in [0, 0.1) is 0 Å². The molecule has 8 aromatic rings. The molecule has 0 spiro atoms. The van der Waals surface area contributed by atoms with E-state index in [1.165, 1.54) is 28.8 Å². The van der Waals surface area contributed by atoms with Gasteiger partial charge in [-0.05, 0) is 168 Å². The molecule has 0 fully saturated rings. The molecular formula is C73H86F9NO13S2. The van der Waals surface area contributed by atoms with Crippen molar-refractivity contribution in [3.8, 4) is 28.7 Å². The van der Waals surface area contributed by atoms with Gasteiger partial charge in [0.15, 0.2) is 22.0 Å². The summed E-state index contributed by atoms with van der Waals surface area (Å²) in [7, 11) is -12.7. The summed E-state index contributed by atoms with van der Waals surface area (Å²) in [6.07, 6.45) is 2.90. The van der Waals surface area contributed by atoms with Gasteiger partial charge in [0.1, 0.15) is 49.1 Å². The highest BCUT2D eigenvalue weighted by molar-refractivity contribution is 7.88. The molecule has 6 unspecified atom stereocenters. The number of hydrogen-bond acceptors (Lipinski definition) is 13. The van der Waals surface area contributed by atoms with Gasteiger partial charge in [-0.15, -0.1) is 0 Å². The second-order valence-electron chi connectivity index (χ2n) is 23.0. The SMILES string of the molecule is CCC(C)c1ccc(C(C)(O)C(F)(F)F)cc1.CCC(C)c1ccc(O)cc1.CCC(C)c1ccc(OC(C)OCCOc2ccccc2)cc1.CCC(C)c1ccc2cc(OCc3ccc(OS(=O)(=O)C(F)(F)C(F)(F)C(F)(F)S(=O)(=O)[O-])cc3)ccc2c1.CO[n+]1ccccc1. The summed E-state index contributed by atoms with van der Waals surface area (Å²) in [5.74, 6) is -3.77. The third-order valence-electron chi connectivity index (χ3n) is 15.9. The number of aliphatic hydroxyl groups is 1. The lowest BCUT2D eigenvalue weighted by atomic mass is 9.91. The van der Waals surface area contributed by atoms with Gasteiger partial charge in [-0.25, -0.2) is 8.42 Å². The molecule has 0 saturated heterocycles. The molecule has 2 N–H and O–H groups in total. The maximum Gasteiger partial charge on any atom is 0.450 e. The number of phenols is 1. The van der Waals surface area contributed by atoms with Crippen molar-refractivity contribution in [2.24, 2.45) is 0 Å². The smallest absolute Gasteiger partial charge is 0.450 e. The summed E-state index contributed by atoms with van der Waals surface area (Å²) in [5, 5.41) is 6.64. The molecule has 0 amide bonds. The summed E-state index contributed by atoms with van der Waals surface area (Å²) < 4.78 is 202. The number of hydrogen-bond donors (Lipinski definition) is 2. The fraction of sp³-hybridized carbons (Fsp3) is 0.384. The van der Waals surface area contributed by atoms with Gasteiger partial charge in [0.25, 0.3) is 0 Å². The van der Waals surface area contributed by atoms with E-state index in [1.807, 2.05) is 124 Å². The van der Waals surface area contributed by atoms with Crippen molar-refractivity contribution in [3.05, 3.63) is 228 Å². The highest BCUT2D eigenvalue weighted by atomic mass is 32.2. The number of benzene rings is 7. The van der Waals surface area contributed by atoms with Gasteiger partial charge in [0.2, 0.25) is 12.4 Å². The number of fused-ring (bicyclic) bond motifs is 1. The number of nitrogens with zero attached hydrogens (tertiary/aromatic N) is 1. The van der Waals surface area contributed by atoms with Crippen LogP contribution in [0.1, 0.15) is 152 Å². The van der Waals surface area contributed by atoms with Crippen LogP contribution in [0.2, 0.25) is 0 Å². The minimum absolute atomic E-state index is 0.0920. The molecule has 8 rings (SSSR count). The summed E-state index contributed by atoms with van der Waals surface area (Å²) in [5.41, 5.74) is 2.24. The first-order valence-electron chi connectivity index (χ1n) is 31.4. The molecule has 536 valence electrons. The van der Waals surface area contributed by atoms with Crippen LogP contribution in [0.4, 0.5) is 39.5 Å². The van der Waals surface area contributed by atoms with Crippen molar-refractivity contribution in [1.82, 2.24) is 0 Å². The van der Waals surface area contributed by atoms with E-state index in [-0.39, 0.29) is 18.5 Å². The van der Waals surface area contributed by atoms with Gasteiger partial charge in [-0.2, -0.15) is 47.9 Å². The lowest BCUT2D eigenvalue weighted by Crippen LogP contribution is -2.61. The van der Waals surface area contributed by atoms with E-state index in [9.17, 15) is 66.0 Å². The molecule has 0 aliphatic rings. The van der Waals surface area contributed by atoms with Gasteiger partial charge in [-0.3, -0.25) is 4.84 Å². The monoisotopic (exact) mass is 1420 g/mol. The molecule has 98 heavy (non-hydrogen) atoms. The van der Waals surface area contributed by atoms with Gasteiger partial charge in [0.05, 0.1) is 6.61 Å². The predicted octanol–water partition coefficient (Wildman–Crippen LogP) is 17.9. The van der Waals surface area contributed by atoms with Crippen LogP contribution in [0.25, 0.3) is 10.8 Å². The average Bonchev–Trinajstić information content (AvgIpc) is 0.724. The minimum atomic E-state index is -7.38. The van der Waals surface area contributed by atoms with E-state index in [1.54, 1.807) is 48.2 Å². The maximum atomic E-state index is 13.9. The van der Waals surface area contributed by atoms with Crippen molar-refractivity contribution in [3.63, 3.8) is 0 Å². The Morgan fingerprint density at radius 2 is 0.939 bits per heavy atom. The van der Waals surface area contributed by atoms with Crippen molar-refractivity contribution >= 4 is 31.0 Å². The molecule has 6 atom stereocenters. The van der Waals surface area contributed by atoms with E-state index in [0.29, 0.717) is 53.9 Å². The first-order chi connectivity index (χ1) is 45.9. The Labute approximate surface area is 568 Å². The summed E-state index contributed by atoms with van der Waals surface area (Å²) in [6.45, 7) is 20.6. The van der Waals surface area contributed by atoms with E-state index in [0.717, 1.165) is 84.7 Å². The number of alkyl halides is 9. The molecule has 25 heteroatoms. The molecule has 1 aromatic heterocycles. The van der Waals surface area contributed by atoms with Gasteiger partial charge in [-0.1, -0.05) is 165 Å². The van der Waals surface area contributed by atoms with E-state index < -0.39 is 54.2 Å². The Balaban J connectivity index is 0.000000291. The van der Waals surface area contributed by atoms with Crippen LogP contribution in [0.15, 0.2) is 194 Å². The van der Waals surface area contributed by atoms with Crippen LogP contribution in [0.5, 0.6) is 28.7 Å². The van der Waals surface area contributed by atoms with Crippen molar-refractivity contribution in [2.75, 3.05) is 20.3 Å². The second kappa shape index (κ2) is 37.2.